The average molecular weight is 509 g/mol. The summed E-state index contributed by atoms with van der Waals surface area (Å²) in [6.45, 7) is 3.74. The molecule has 2 aromatic carbocycles. The number of anilines is 1. The van der Waals surface area contributed by atoms with Crippen molar-refractivity contribution in [3.8, 4) is 11.3 Å². The standard InChI is InChI=1S/C24H17BrN2O6/c1-12-9-18(25)19(10-13(12)2)27-22(29)17(21(28)26-24(27)32)11-14-7-8-20(33-14)15-5-3-4-6-16(15)23(30)31/h3-11H,1-2H3,(H,30,31)(H,26,28,32)/b17-11+. The molecule has 0 saturated carbocycles. The van der Waals surface area contributed by atoms with Crippen LogP contribution in [0, 0.1) is 13.8 Å². The molecule has 33 heavy (non-hydrogen) atoms. The number of barbiturate groups is 1. The second-order valence-corrected chi connectivity index (χ2v) is 8.25. The lowest BCUT2D eigenvalue weighted by Gasteiger charge is -2.27. The molecule has 0 atom stereocenters. The summed E-state index contributed by atoms with van der Waals surface area (Å²) in [6.07, 6.45) is 1.22. The maximum atomic E-state index is 13.2. The van der Waals surface area contributed by atoms with Gasteiger partial charge in [-0.1, -0.05) is 18.2 Å². The van der Waals surface area contributed by atoms with Gasteiger partial charge in [-0.3, -0.25) is 14.9 Å². The van der Waals surface area contributed by atoms with Crippen LogP contribution >= 0.6 is 15.9 Å². The Labute approximate surface area is 196 Å². The van der Waals surface area contributed by atoms with E-state index in [0.717, 1.165) is 16.0 Å². The number of carboxylic acids is 1. The van der Waals surface area contributed by atoms with Gasteiger partial charge >= 0.3 is 12.0 Å². The second-order valence-electron chi connectivity index (χ2n) is 7.40. The van der Waals surface area contributed by atoms with Crippen LogP contribution in [0.25, 0.3) is 17.4 Å². The highest BCUT2D eigenvalue weighted by Gasteiger charge is 2.38. The van der Waals surface area contributed by atoms with Gasteiger partial charge < -0.3 is 9.52 Å². The number of carbonyl (C=O) groups excluding carboxylic acids is 3. The van der Waals surface area contributed by atoms with Crippen molar-refractivity contribution in [1.82, 2.24) is 5.32 Å². The number of halogens is 1. The van der Waals surface area contributed by atoms with Gasteiger partial charge in [0, 0.05) is 10.0 Å². The number of hydrogen-bond donors (Lipinski definition) is 2. The van der Waals surface area contributed by atoms with Crippen molar-refractivity contribution in [2.45, 2.75) is 13.8 Å². The Kier molecular flexibility index (Phi) is 5.73. The first-order valence-electron chi connectivity index (χ1n) is 9.78. The number of benzene rings is 2. The highest BCUT2D eigenvalue weighted by atomic mass is 79.9. The van der Waals surface area contributed by atoms with Crippen LogP contribution in [0.1, 0.15) is 27.2 Å². The number of urea groups is 1. The molecule has 1 aromatic heterocycles. The normalized spacial score (nSPS) is 15.2. The summed E-state index contributed by atoms with van der Waals surface area (Å²) in [7, 11) is 0. The lowest BCUT2D eigenvalue weighted by molar-refractivity contribution is -0.122. The maximum absolute atomic E-state index is 13.2. The molecular formula is C24H17BrN2O6. The quantitative estimate of drug-likeness (QED) is 0.389. The first-order valence-corrected chi connectivity index (χ1v) is 10.6. The smallest absolute Gasteiger partial charge is 0.336 e. The molecule has 9 heteroatoms. The number of hydrogen-bond acceptors (Lipinski definition) is 5. The lowest BCUT2D eigenvalue weighted by atomic mass is 10.1. The molecule has 2 heterocycles. The van der Waals surface area contributed by atoms with Crippen molar-refractivity contribution in [3.05, 3.63) is 81.0 Å². The second kappa shape index (κ2) is 8.51. The van der Waals surface area contributed by atoms with Crippen LogP contribution in [-0.4, -0.2) is 28.9 Å². The van der Waals surface area contributed by atoms with E-state index in [-0.39, 0.29) is 22.7 Å². The van der Waals surface area contributed by atoms with Gasteiger partial charge in [0.25, 0.3) is 11.8 Å². The van der Waals surface area contributed by atoms with E-state index < -0.39 is 23.8 Å². The highest BCUT2D eigenvalue weighted by molar-refractivity contribution is 9.10. The van der Waals surface area contributed by atoms with E-state index in [4.69, 9.17) is 4.42 Å². The number of furan rings is 1. The van der Waals surface area contributed by atoms with Gasteiger partial charge in [0.2, 0.25) is 0 Å². The molecule has 1 aliphatic heterocycles. The number of nitrogens with zero attached hydrogens (tertiary/aromatic N) is 1. The van der Waals surface area contributed by atoms with Gasteiger partial charge in [-0.05, 0) is 77.3 Å². The minimum absolute atomic E-state index is 0.0499. The van der Waals surface area contributed by atoms with Gasteiger partial charge in [-0.15, -0.1) is 0 Å². The van der Waals surface area contributed by atoms with Crippen molar-refractivity contribution >= 4 is 51.5 Å². The van der Waals surface area contributed by atoms with Crippen molar-refractivity contribution in [2.24, 2.45) is 0 Å². The molecule has 166 valence electrons. The Morgan fingerprint density at radius 3 is 2.48 bits per heavy atom. The molecule has 0 aliphatic carbocycles. The van der Waals surface area contributed by atoms with E-state index in [1.807, 2.05) is 13.8 Å². The van der Waals surface area contributed by atoms with Gasteiger partial charge in [-0.2, -0.15) is 0 Å². The molecule has 0 bridgehead atoms. The Hall–Kier alpha value is -3.98. The molecule has 4 rings (SSSR count). The number of carbonyl (C=O) groups is 4. The van der Waals surface area contributed by atoms with Crippen molar-refractivity contribution in [2.75, 3.05) is 4.90 Å². The van der Waals surface area contributed by atoms with Gasteiger partial charge in [0.1, 0.15) is 17.1 Å². The van der Waals surface area contributed by atoms with Gasteiger partial charge in [0.15, 0.2) is 0 Å². The summed E-state index contributed by atoms with van der Waals surface area (Å²) in [4.78, 5) is 50.5. The summed E-state index contributed by atoms with van der Waals surface area (Å²) in [5, 5.41) is 11.6. The van der Waals surface area contributed by atoms with E-state index in [1.54, 1.807) is 36.4 Å². The van der Waals surface area contributed by atoms with E-state index >= 15 is 0 Å². The fourth-order valence-electron chi connectivity index (χ4n) is 3.42. The van der Waals surface area contributed by atoms with Crippen LogP contribution in [0.2, 0.25) is 0 Å². The van der Waals surface area contributed by atoms with Crippen molar-refractivity contribution in [3.63, 3.8) is 0 Å². The molecular weight excluding hydrogens is 492 g/mol. The molecule has 0 spiro atoms. The van der Waals surface area contributed by atoms with Crippen LogP contribution in [0.4, 0.5) is 10.5 Å². The predicted molar refractivity (Wildman–Crippen MR) is 124 cm³/mol. The zero-order chi connectivity index (χ0) is 23.9. The van der Waals surface area contributed by atoms with E-state index in [1.165, 1.54) is 18.2 Å². The zero-order valence-electron chi connectivity index (χ0n) is 17.5. The molecule has 3 aromatic rings. The third kappa shape index (κ3) is 4.10. The lowest BCUT2D eigenvalue weighted by Crippen LogP contribution is -2.54. The maximum Gasteiger partial charge on any atom is 0.336 e. The molecule has 0 unspecified atom stereocenters. The number of imide groups is 2. The Bertz CT molecular complexity index is 1370. The number of carboxylic acid groups (broad SMARTS) is 1. The fourth-order valence-corrected chi connectivity index (χ4v) is 4.05. The average Bonchev–Trinajstić information content (AvgIpc) is 3.23. The molecule has 0 radical (unpaired) electrons. The topological polar surface area (TPSA) is 117 Å². The summed E-state index contributed by atoms with van der Waals surface area (Å²) in [6, 6.07) is 12.0. The monoisotopic (exact) mass is 508 g/mol. The Balaban J connectivity index is 1.73. The van der Waals surface area contributed by atoms with Crippen molar-refractivity contribution in [1.29, 1.82) is 0 Å². The third-order valence-electron chi connectivity index (χ3n) is 5.24. The van der Waals surface area contributed by atoms with Crippen molar-refractivity contribution < 1.29 is 28.7 Å². The molecule has 2 N–H and O–H groups in total. The number of amides is 4. The molecule has 8 nitrogen and oxygen atoms in total. The Morgan fingerprint density at radius 1 is 1.06 bits per heavy atom. The highest BCUT2D eigenvalue weighted by Crippen LogP contribution is 2.33. The summed E-state index contributed by atoms with van der Waals surface area (Å²) >= 11 is 3.38. The molecule has 1 aliphatic rings. The summed E-state index contributed by atoms with van der Waals surface area (Å²) in [5.41, 5.74) is 2.23. The number of nitrogens with one attached hydrogen (secondary N) is 1. The zero-order valence-corrected chi connectivity index (χ0v) is 19.1. The summed E-state index contributed by atoms with van der Waals surface area (Å²) < 4.78 is 6.22. The molecule has 1 fully saturated rings. The van der Waals surface area contributed by atoms with Crippen LogP contribution in [0.3, 0.4) is 0 Å². The van der Waals surface area contributed by atoms with Crippen LogP contribution in [0.5, 0.6) is 0 Å². The van der Waals surface area contributed by atoms with Crippen LogP contribution in [-0.2, 0) is 9.59 Å². The minimum Gasteiger partial charge on any atom is -0.478 e. The van der Waals surface area contributed by atoms with Crippen LogP contribution < -0.4 is 10.2 Å². The van der Waals surface area contributed by atoms with E-state index in [9.17, 15) is 24.3 Å². The van der Waals surface area contributed by atoms with Gasteiger partial charge in [0.05, 0.1) is 11.3 Å². The number of aromatic carboxylic acids is 1. The molecule has 1 saturated heterocycles. The largest absolute Gasteiger partial charge is 0.478 e. The fraction of sp³-hybridized carbons (Fsp3) is 0.0833. The van der Waals surface area contributed by atoms with E-state index in [0.29, 0.717) is 15.7 Å². The number of rotatable bonds is 4. The first-order chi connectivity index (χ1) is 15.7. The molecule has 4 amide bonds. The third-order valence-corrected chi connectivity index (χ3v) is 5.88. The minimum atomic E-state index is -1.11. The van der Waals surface area contributed by atoms with E-state index in [2.05, 4.69) is 21.2 Å². The number of aryl methyl sites for hydroxylation is 2. The summed E-state index contributed by atoms with van der Waals surface area (Å²) in [5.74, 6) is -2.37. The Morgan fingerprint density at radius 2 is 1.76 bits per heavy atom. The van der Waals surface area contributed by atoms with Gasteiger partial charge in [-0.25, -0.2) is 14.5 Å². The van der Waals surface area contributed by atoms with Crippen LogP contribution in [0.15, 0.2) is 63.0 Å². The SMILES string of the molecule is Cc1cc(Br)c(N2C(=O)NC(=O)/C(=C\c3ccc(-c4ccccc4C(=O)O)o3)C2=O)cc1C. The predicted octanol–water partition coefficient (Wildman–Crippen LogP) is 4.69. The first kappa shape index (κ1) is 22.2.